The van der Waals surface area contributed by atoms with E-state index in [1.54, 1.807) is 0 Å². The van der Waals surface area contributed by atoms with Crippen molar-refractivity contribution in [3.8, 4) is 0 Å². The predicted octanol–water partition coefficient (Wildman–Crippen LogP) is 4.21. The average molecular weight is 367 g/mol. The molecule has 27 heavy (non-hydrogen) atoms. The summed E-state index contributed by atoms with van der Waals surface area (Å²) in [7, 11) is 1.93. The number of nitrogens with one attached hydrogen (secondary N) is 1. The van der Waals surface area contributed by atoms with Gasteiger partial charge in [0.15, 0.2) is 0 Å². The molecule has 0 fully saturated rings. The molecule has 2 aromatic heterocycles. The van der Waals surface area contributed by atoms with Crippen LogP contribution in [0.15, 0.2) is 30.5 Å². The van der Waals surface area contributed by atoms with Crippen molar-refractivity contribution in [3.05, 3.63) is 53.0 Å². The van der Waals surface area contributed by atoms with Crippen LogP contribution >= 0.6 is 0 Å². The van der Waals surface area contributed by atoms with E-state index in [4.69, 9.17) is 0 Å². The zero-order valence-electron chi connectivity index (χ0n) is 17.0. The molecule has 0 radical (unpaired) electrons. The van der Waals surface area contributed by atoms with Gasteiger partial charge in [0.05, 0.1) is 5.69 Å². The topological polar surface area (TPSA) is 51.9 Å². The minimum absolute atomic E-state index is 0.102. The van der Waals surface area contributed by atoms with Crippen LogP contribution in [0, 0.1) is 13.8 Å². The third-order valence-corrected chi connectivity index (χ3v) is 5.35. The molecule has 3 aromatic rings. The molecule has 0 saturated heterocycles. The number of hydrogen-bond acceptors (Lipinski definition) is 2. The van der Waals surface area contributed by atoms with Crippen molar-refractivity contribution in [2.75, 3.05) is 0 Å². The van der Waals surface area contributed by atoms with Gasteiger partial charge in [0.2, 0.25) is 5.91 Å². The SMILES string of the molecule is Cc1nn(C)c(C)c1CNC(=O)CCCc1cn(C(C)C)c2ccccc12. The van der Waals surface area contributed by atoms with Crippen LogP contribution in [-0.4, -0.2) is 20.3 Å². The summed E-state index contributed by atoms with van der Waals surface area (Å²) >= 11 is 0. The molecule has 0 aliphatic carbocycles. The van der Waals surface area contributed by atoms with Gasteiger partial charge in [0.25, 0.3) is 0 Å². The van der Waals surface area contributed by atoms with E-state index in [0.717, 1.165) is 29.8 Å². The Morgan fingerprint density at radius 2 is 1.96 bits per heavy atom. The maximum absolute atomic E-state index is 12.3. The third-order valence-electron chi connectivity index (χ3n) is 5.35. The van der Waals surface area contributed by atoms with E-state index in [2.05, 4.69) is 59.3 Å². The summed E-state index contributed by atoms with van der Waals surface area (Å²) in [6.45, 7) is 8.97. The number of carbonyl (C=O) groups is 1. The lowest BCUT2D eigenvalue weighted by Gasteiger charge is -2.08. The predicted molar refractivity (Wildman–Crippen MR) is 110 cm³/mol. The lowest BCUT2D eigenvalue weighted by molar-refractivity contribution is -0.121. The van der Waals surface area contributed by atoms with Gasteiger partial charge < -0.3 is 9.88 Å². The van der Waals surface area contributed by atoms with Crippen molar-refractivity contribution in [1.29, 1.82) is 0 Å². The van der Waals surface area contributed by atoms with Crippen LogP contribution in [-0.2, 0) is 24.8 Å². The molecule has 1 aromatic carbocycles. The monoisotopic (exact) mass is 366 g/mol. The minimum Gasteiger partial charge on any atom is -0.352 e. The van der Waals surface area contributed by atoms with Crippen LogP contribution in [0.3, 0.4) is 0 Å². The molecule has 0 spiro atoms. The minimum atomic E-state index is 0.102. The Balaban J connectivity index is 1.57. The van der Waals surface area contributed by atoms with E-state index < -0.39 is 0 Å². The molecule has 0 aliphatic rings. The summed E-state index contributed by atoms with van der Waals surface area (Å²) < 4.78 is 4.18. The lowest BCUT2D eigenvalue weighted by Crippen LogP contribution is -2.23. The highest BCUT2D eigenvalue weighted by Crippen LogP contribution is 2.25. The summed E-state index contributed by atoms with van der Waals surface area (Å²) in [5.74, 6) is 0.102. The summed E-state index contributed by atoms with van der Waals surface area (Å²) in [6, 6.07) is 8.95. The molecular weight excluding hydrogens is 336 g/mol. The van der Waals surface area contributed by atoms with Gasteiger partial charge in [0, 0.05) is 54.4 Å². The number of aromatic nitrogens is 3. The summed E-state index contributed by atoms with van der Waals surface area (Å²) in [5.41, 5.74) is 5.80. The highest BCUT2D eigenvalue weighted by molar-refractivity contribution is 5.84. The van der Waals surface area contributed by atoms with E-state index in [1.807, 2.05) is 25.6 Å². The molecule has 5 nitrogen and oxygen atoms in total. The summed E-state index contributed by atoms with van der Waals surface area (Å²) in [5, 5.41) is 8.74. The van der Waals surface area contributed by atoms with Crippen molar-refractivity contribution < 1.29 is 4.79 Å². The van der Waals surface area contributed by atoms with Crippen LogP contribution < -0.4 is 5.32 Å². The van der Waals surface area contributed by atoms with Gasteiger partial charge in [-0.25, -0.2) is 0 Å². The lowest BCUT2D eigenvalue weighted by atomic mass is 10.1. The molecule has 1 amide bonds. The molecule has 1 N–H and O–H groups in total. The van der Waals surface area contributed by atoms with Crippen molar-refractivity contribution in [2.45, 2.75) is 59.5 Å². The Morgan fingerprint density at radius 1 is 1.22 bits per heavy atom. The molecule has 0 bridgehead atoms. The zero-order chi connectivity index (χ0) is 19.6. The Bertz CT molecular complexity index is 949. The zero-order valence-corrected chi connectivity index (χ0v) is 17.0. The number of amides is 1. The fourth-order valence-electron chi connectivity index (χ4n) is 3.69. The number of benzene rings is 1. The highest BCUT2D eigenvalue weighted by atomic mass is 16.1. The average Bonchev–Trinajstić information content (AvgIpc) is 3.11. The molecule has 3 rings (SSSR count). The normalized spacial score (nSPS) is 11.5. The Morgan fingerprint density at radius 3 is 2.63 bits per heavy atom. The second-order valence-electron chi connectivity index (χ2n) is 7.58. The summed E-state index contributed by atoms with van der Waals surface area (Å²) in [6.07, 6.45) is 4.55. The van der Waals surface area contributed by atoms with E-state index in [0.29, 0.717) is 19.0 Å². The largest absolute Gasteiger partial charge is 0.352 e. The van der Waals surface area contributed by atoms with Crippen LogP contribution in [0.5, 0.6) is 0 Å². The smallest absolute Gasteiger partial charge is 0.220 e. The molecule has 0 saturated carbocycles. The number of fused-ring (bicyclic) bond motifs is 1. The Kier molecular flexibility index (Phi) is 5.68. The number of para-hydroxylation sites is 1. The maximum atomic E-state index is 12.3. The number of hydrogen-bond donors (Lipinski definition) is 1. The van der Waals surface area contributed by atoms with Gasteiger partial charge in [-0.3, -0.25) is 9.48 Å². The Hall–Kier alpha value is -2.56. The molecule has 5 heteroatoms. The fraction of sp³-hybridized carbons (Fsp3) is 0.455. The van der Waals surface area contributed by atoms with Crippen LogP contribution in [0.2, 0.25) is 0 Å². The first kappa shape index (κ1) is 19.2. The first-order valence-electron chi connectivity index (χ1n) is 9.72. The first-order valence-corrected chi connectivity index (χ1v) is 9.72. The van der Waals surface area contributed by atoms with Crippen LogP contribution in [0.25, 0.3) is 10.9 Å². The van der Waals surface area contributed by atoms with Gasteiger partial charge in [-0.15, -0.1) is 0 Å². The number of rotatable bonds is 7. The van der Waals surface area contributed by atoms with Gasteiger partial charge >= 0.3 is 0 Å². The van der Waals surface area contributed by atoms with Crippen LogP contribution in [0.1, 0.15) is 55.2 Å². The molecule has 0 unspecified atom stereocenters. The van der Waals surface area contributed by atoms with Crippen molar-refractivity contribution in [3.63, 3.8) is 0 Å². The number of nitrogens with zero attached hydrogens (tertiary/aromatic N) is 3. The fourth-order valence-corrected chi connectivity index (χ4v) is 3.69. The first-order chi connectivity index (χ1) is 12.9. The molecular formula is C22H30N4O. The van der Waals surface area contributed by atoms with Crippen molar-refractivity contribution in [2.24, 2.45) is 7.05 Å². The van der Waals surface area contributed by atoms with E-state index >= 15 is 0 Å². The maximum Gasteiger partial charge on any atom is 0.220 e. The summed E-state index contributed by atoms with van der Waals surface area (Å²) in [4.78, 5) is 12.3. The number of aryl methyl sites for hydroxylation is 3. The van der Waals surface area contributed by atoms with Gasteiger partial charge in [-0.2, -0.15) is 5.10 Å². The molecule has 0 atom stereocenters. The van der Waals surface area contributed by atoms with Crippen molar-refractivity contribution in [1.82, 2.24) is 19.7 Å². The standard InChI is InChI=1S/C22H30N4O/c1-15(2)26-14-18(19-10-6-7-11-21(19)26)9-8-12-22(27)23-13-20-16(3)24-25(5)17(20)4/h6-7,10-11,14-15H,8-9,12-13H2,1-5H3,(H,23,27). The molecule has 144 valence electrons. The quantitative estimate of drug-likeness (QED) is 0.681. The second-order valence-corrected chi connectivity index (χ2v) is 7.58. The molecule has 0 aliphatic heterocycles. The van der Waals surface area contributed by atoms with E-state index in [-0.39, 0.29) is 5.91 Å². The van der Waals surface area contributed by atoms with Gasteiger partial charge in [-0.05, 0) is 52.2 Å². The highest BCUT2D eigenvalue weighted by Gasteiger charge is 2.12. The Labute approximate surface area is 161 Å². The molecule has 2 heterocycles. The van der Waals surface area contributed by atoms with Crippen molar-refractivity contribution >= 4 is 16.8 Å². The van der Waals surface area contributed by atoms with Gasteiger partial charge in [-0.1, -0.05) is 18.2 Å². The third kappa shape index (κ3) is 4.07. The number of carbonyl (C=O) groups excluding carboxylic acids is 1. The van der Waals surface area contributed by atoms with Crippen LogP contribution in [0.4, 0.5) is 0 Å². The van der Waals surface area contributed by atoms with E-state index in [1.165, 1.54) is 16.5 Å². The van der Waals surface area contributed by atoms with E-state index in [9.17, 15) is 4.79 Å². The van der Waals surface area contributed by atoms with Gasteiger partial charge in [0.1, 0.15) is 0 Å². The second kappa shape index (κ2) is 7.99.